The van der Waals surface area contributed by atoms with E-state index < -0.39 is 0 Å². The van der Waals surface area contributed by atoms with Crippen LogP contribution in [-0.4, -0.2) is 40.7 Å². The Kier molecular flexibility index (Phi) is 3.99. The van der Waals surface area contributed by atoms with Crippen LogP contribution in [0.1, 0.15) is 13.3 Å². The number of nitrogens with zero attached hydrogens (tertiary/aromatic N) is 4. The number of anilines is 1. The van der Waals surface area contributed by atoms with E-state index in [9.17, 15) is 4.79 Å². The largest absolute Gasteiger partial charge is 0.469 e. The Morgan fingerprint density at radius 2 is 2.26 bits per heavy atom. The third-order valence-corrected chi connectivity index (χ3v) is 3.12. The summed E-state index contributed by atoms with van der Waals surface area (Å²) < 4.78 is 6.62. The van der Waals surface area contributed by atoms with Crippen molar-refractivity contribution in [1.82, 2.24) is 14.5 Å². The molecule has 0 radical (unpaired) electrons. The number of imidazole rings is 1. The summed E-state index contributed by atoms with van der Waals surface area (Å²) in [4.78, 5) is 22.0. The number of esters is 1. The average Bonchev–Trinajstić information content (AvgIpc) is 2.82. The van der Waals surface area contributed by atoms with Gasteiger partial charge in [-0.05, 0) is 13.0 Å². The van der Waals surface area contributed by atoms with Crippen LogP contribution in [-0.2, 0) is 16.6 Å². The first kappa shape index (κ1) is 13.3. The van der Waals surface area contributed by atoms with E-state index in [1.165, 1.54) is 7.11 Å². The van der Waals surface area contributed by atoms with Crippen molar-refractivity contribution in [3.63, 3.8) is 0 Å². The summed E-state index contributed by atoms with van der Waals surface area (Å²) in [6.07, 6.45) is 3.87. The number of aryl methyl sites for hydroxylation is 1. The molecule has 0 saturated carbocycles. The van der Waals surface area contributed by atoms with Crippen LogP contribution in [0, 0.1) is 0 Å². The Balaban J connectivity index is 2.27. The fraction of sp³-hybridized carbons (Fsp3) is 0.462. The summed E-state index contributed by atoms with van der Waals surface area (Å²) in [5.74, 6) is 0.594. The Morgan fingerprint density at radius 3 is 2.95 bits per heavy atom. The smallest absolute Gasteiger partial charge is 0.307 e. The van der Waals surface area contributed by atoms with E-state index in [1.807, 2.05) is 29.5 Å². The van der Waals surface area contributed by atoms with Gasteiger partial charge in [0.2, 0.25) is 0 Å². The Hall–Kier alpha value is -2.11. The number of aromatic nitrogens is 3. The van der Waals surface area contributed by atoms with Crippen molar-refractivity contribution in [1.29, 1.82) is 0 Å². The second kappa shape index (κ2) is 5.69. The maximum Gasteiger partial charge on any atom is 0.307 e. The van der Waals surface area contributed by atoms with Gasteiger partial charge < -0.3 is 14.2 Å². The lowest BCUT2D eigenvalue weighted by molar-refractivity contribution is -0.140. The molecular weight excluding hydrogens is 244 g/mol. The number of hydrogen-bond donors (Lipinski definition) is 0. The molecule has 2 aromatic rings. The summed E-state index contributed by atoms with van der Waals surface area (Å²) in [6.45, 7) is 3.37. The summed E-state index contributed by atoms with van der Waals surface area (Å²) in [5.41, 5.74) is 1.89. The molecule has 0 N–H and O–H groups in total. The van der Waals surface area contributed by atoms with Gasteiger partial charge in [-0.25, -0.2) is 9.97 Å². The molecule has 0 saturated heterocycles. The van der Waals surface area contributed by atoms with Gasteiger partial charge in [0.05, 0.1) is 25.4 Å². The Labute approximate surface area is 112 Å². The molecule has 6 nitrogen and oxygen atoms in total. The number of pyridine rings is 1. The van der Waals surface area contributed by atoms with E-state index in [-0.39, 0.29) is 5.97 Å². The number of carbonyl (C=O) groups excluding carboxylic acids is 1. The van der Waals surface area contributed by atoms with Gasteiger partial charge >= 0.3 is 5.97 Å². The van der Waals surface area contributed by atoms with E-state index in [4.69, 9.17) is 0 Å². The fourth-order valence-corrected chi connectivity index (χ4v) is 2.02. The summed E-state index contributed by atoms with van der Waals surface area (Å²) in [5, 5.41) is 0. The number of carbonyl (C=O) groups is 1. The number of rotatable bonds is 5. The van der Waals surface area contributed by atoms with Crippen molar-refractivity contribution in [3.05, 3.63) is 18.6 Å². The van der Waals surface area contributed by atoms with Crippen molar-refractivity contribution < 1.29 is 9.53 Å². The number of hydrogen-bond acceptors (Lipinski definition) is 5. The highest BCUT2D eigenvalue weighted by atomic mass is 16.5. The van der Waals surface area contributed by atoms with Crippen molar-refractivity contribution in [2.45, 2.75) is 13.3 Å². The number of methoxy groups -OCH3 is 1. The molecule has 0 amide bonds. The minimum absolute atomic E-state index is 0.216. The Morgan fingerprint density at radius 1 is 1.47 bits per heavy atom. The molecule has 19 heavy (non-hydrogen) atoms. The minimum Gasteiger partial charge on any atom is -0.469 e. The van der Waals surface area contributed by atoms with Crippen LogP contribution in [0.2, 0.25) is 0 Å². The molecule has 0 fully saturated rings. The van der Waals surface area contributed by atoms with Gasteiger partial charge in [-0.3, -0.25) is 4.79 Å². The van der Waals surface area contributed by atoms with Gasteiger partial charge in [0.15, 0.2) is 5.82 Å². The van der Waals surface area contributed by atoms with Gasteiger partial charge in [0, 0.05) is 26.3 Å². The maximum absolute atomic E-state index is 11.2. The van der Waals surface area contributed by atoms with E-state index in [1.54, 1.807) is 12.5 Å². The SMILES string of the molecule is CCN(CCC(=O)OC)c1nccc2c1ncn2C. The third kappa shape index (κ3) is 2.67. The summed E-state index contributed by atoms with van der Waals surface area (Å²) in [6, 6.07) is 1.93. The van der Waals surface area contributed by atoms with E-state index in [0.29, 0.717) is 13.0 Å². The van der Waals surface area contributed by atoms with Gasteiger partial charge in [0.25, 0.3) is 0 Å². The van der Waals surface area contributed by atoms with Crippen molar-refractivity contribution in [3.8, 4) is 0 Å². The van der Waals surface area contributed by atoms with Crippen LogP contribution in [0.3, 0.4) is 0 Å². The zero-order chi connectivity index (χ0) is 13.8. The molecule has 6 heteroatoms. The molecular formula is C13H18N4O2. The molecule has 102 valence electrons. The molecule has 0 aliphatic heterocycles. The highest BCUT2D eigenvalue weighted by Crippen LogP contribution is 2.22. The molecule has 2 heterocycles. The van der Waals surface area contributed by atoms with Crippen LogP contribution in [0.5, 0.6) is 0 Å². The quantitative estimate of drug-likeness (QED) is 0.761. The second-order valence-corrected chi connectivity index (χ2v) is 4.26. The second-order valence-electron chi connectivity index (χ2n) is 4.26. The molecule has 0 atom stereocenters. The van der Waals surface area contributed by atoms with Gasteiger partial charge in [-0.1, -0.05) is 0 Å². The highest BCUT2D eigenvalue weighted by Gasteiger charge is 2.14. The minimum atomic E-state index is -0.216. The molecule has 0 aliphatic rings. The van der Waals surface area contributed by atoms with Crippen molar-refractivity contribution >= 4 is 22.8 Å². The van der Waals surface area contributed by atoms with E-state index >= 15 is 0 Å². The van der Waals surface area contributed by atoms with Gasteiger partial charge in [0.1, 0.15) is 5.52 Å². The fourth-order valence-electron chi connectivity index (χ4n) is 2.02. The first-order valence-electron chi connectivity index (χ1n) is 6.25. The summed E-state index contributed by atoms with van der Waals surface area (Å²) in [7, 11) is 3.35. The monoisotopic (exact) mass is 262 g/mol. The lowest BCUT2D eigenvalue weighted by Crippen LogP contribution is -2.27. The topological polar surface area (TPSA) is 60.3 Å². The van der Waals surface area contributed by atoms with Crippen LogP contribution in [0.4, 0.5) is 5.82 Å². The predicted molar refractivity (Wildman–Crippen MR) is 73.0 cm³/mol. The standard InChI is InChI=1S/C13H18N4O2/c1-4-17(8-6-11(18)19-3)13-12-10(5-7-14-13)16(2)9-15-12/h5,7,9H,4,6,8H2,1-3H3. The normalized spacial score (nSPS) is 10.7. The van der Waals surface area contributed by atoms with Gasteiger partial charge in [-0.15, -0.1) is 0 Å². The van der Waals surface area contributed by atoms with Crippen molar-refractivity contribution in [2.24, 2.45) is 7.05 Å². The third-order valence-electron chi connectivity index (χ3n) is 3.12. The van der Waals surface area contributed by atoms with Gasteiger partial charge in [-0.2, -0.15) is 0 Å². The first-order valence-corrected chi connectivity index (χ1v) is 6.25. The maximum atomic E-state index is 11.2. The zero-order valence-corrected chi connectivity index (χ0v) is 11.5. The van der Waals surface area contributed by atoms with Crippen LogP contribution in [0.15, 0.2) is 18.6 Å². The molecule has 2 aromatic heterocycles. The molecule has 0 bridgehead atoms. The lowest BCUT2D eigenvalue weighted by Gasteiger charge is -2.21. The number of fused-ring (bicyclic) bond motifs is 1. The molecule has 0 unspecified atom stereocenters. The average molecular weight is 262 g/mol. The molecule has 0 aromatic carbocycles. The zero-order valence-electron chi connectivity index (χ0n) is 11.5. The number of ether oxygens (including phenoxy) is 1. The highest BCUT2D eigenvalue weighted by molar-refractivity contribution is 5.86. The van der Waals surface area contributed by atoms with E-state index in [0.717, 1.165) is 23.4 Å². The first-order chi connectivity index (χ1) is 9.17. The molecule has 0 spiro atoms. The van der Waals surface area contributed by atoms with Crippen molar-refractivity contribution in [2.75, 3.05) is 25.1 Å². The lowest BCUT2D eigenvalue weighted by atomic mass is 10.3. The Bertz CT molecular complexity index is 579. The molecule has 2 rings (SSSR count). The van der Waals surface area contributed by atoms with Crippen LogP contribution in [0.25, 0.3) is 11.0 Å². The van der Waals surface area contributed by atoms with Crippen LogP contribution >= 0.6 is 0 Å². The van der Waals surface area contributed by atoms with E-state index in [2.05, 4.69) is 14.7 Å². The van der Waals surface area contributed by atoms with Crippen LogP contribution < -0.4 is 4.90 Å². The predicted octanol–water partition coefficient (Wildman–Crippen LogP) is 1.36. The molecule has 0 aliphatic carbocycles. The summed E-state index contributed by atoms with van der Waals surface area (Å²) >= 11 is 0.